The summed E-state index contributed by atoms with van der Waals surface area (Å²) < 4.78 is 40.7. The smallest absolute Gasteiger partial charge is 0.481 e. The number of ether oxygens (including phenoxy) is 1. The van der Waals surface area contributed by atoms with Gasteiger partial charge in [-0.15, -0.1) is 13.2 Å². The van der Waals surface area contributed by atoms with E-state index in [0.29, 0.717) is 18.4 Å². The number of carboxylic acid groups (broad SMARTS) is 1. The number of benzene rings is 1. The van der Waals surface area contributed by atoms with E-state index in [2.05, 4.69) is 10.1 Å². The molecule has 1 aromatic rings. The van der Waals surface area contributed by atoms with E-state index in [-0.39, 0.29) is 37.5 Å². The molecule has 0 fully saturated rings. The first kappa shape index (κ1) is 18.8. The summed E-state index contributed by atoms with van der Waals surface area (Å²) in [5.41, 5.74) is 0.344. The van der Waals surface area contributed by atoms with E-state index in [9.17, 15) is 22.8 Å². The van der Waals surface area contributed by atoms with Crippen molar-refractivity contribution in [2.24, 2.45) is 0 Å². The molecule has 1 rings (SSSR count). The SMILES string of the molecule is O=C(O)CCCCC(=O)NCCc1ccccc1OC(F)(F)F. The van der Waals surface area contributed by atoms with E-state index in [1.54, 1.807) is 6.07 Å². The second kappa shape index (κ2) is 9.02. The first-order valence-electron chi connectivity index (χ1n) is 7.10. The lowest BCUT2D eigenvalue weighted by Gasteiger charge is -2.13. The number of carbonyl (C=O) groups excluding carboxylic acids is 1. The molecule has 0 aliphatic heterocycles. The van der Waals surface area contributed by atoms with Crippen molar-refractivity contribution in [2.75, 3.05) is 6.54 Å². The minimum absolute atomic E-state index is 0.00936. The van der Waals surface area contributed by atoms with Gasteiger partial charge in [0.05, 0.1) is 0 Å². The Kier molecular flexibility index (Phi) is 7.37. The van der Waals surface area contributed by atoms with Crippen LogP contribution in [0.25, 0.3) is 0 Å². The highest BCUT2D eigenvalue weighted by Gasteiger charge is 2.31. The van der Waals surface area contributed by atoms with Crippen LogP contribution in [-0.2, 0) is 16.0 Å². The molecule has 23 heavy (non-hydrogen) atoms. The van der Waals surface area contributed by atoms with E-state index >= 15 is 0 Å². The van der Waals surface area contributed by atoms with Crippen molar-refractivity contribution < 1.29 is 32.6 Å². The van der Waals surface area contributed by atoms with Crippen molar-refractivity contribution in [3.05, 3.63) is 29.8 Å². The van der Waals surface area contributed by atoms with Gasteiger partial charge in [-0.05, 0) is 30.9 Å². The monoisotopic (exact) mass is 333 g/mol. The molecule has 5 nitrogen and oxygen atoms in total. The third-order valence-electron chi connectivity index (χ3n) is 2.96. The molecule has 128 valence electrons. The summed E-state index contributed by atoms with van der Waals surface area (Å²) >= 11 is 0. The highest BCUT2D eigenvalue weighted by atomic mass is 19.4. The molecule has 1 aromatic carbocycles. The van der Waals surface area contributed by atoms with Crippen LogP contribution in [0.2, 0.25) is 0 Å². The zero-order chi connectivity index (χ0) is 17.3. The van der Waals surface area contributed by atoms with Gasteiger partial charge in [-0.2, -0.15) is 0 Å². The van der Waals surface area contributed by atoms with E-state index in [1.165, 1.54) is 18.2 Å². The molecule has 0 heterocycles. The molecule has 0 saturated carbocycles. The molecule has 0 radical (unpaired) electrons. The Balaban J connectivity index is 2.35. The zero-order valence-electron chi connectivity index (χ0n) is 12.4. The van der Waals surface area contributed by atoms with Crippen molar-refractivity contribution in [1.29, 1.82) is 0 Å². The van der Waals surface area contributed by atoms with Crippen LogP contribution in [-0.4, -0.2) is 29.9 Å². The summed E-state index contributed by atoms with van der Waals surface area (Å²) in [6.07, 6.45) is -3.50. The van der Waals surface area contributed by atoms with Gasteiger partial charge in [0.25, 0.3) is 0 Å². The number of carboxylic acids is 1. The molecule has 0 saturated heterocycles. The number of hydrogen-bond donors (Lipinski definition) is 2. The Hall–Kier alpha value is -2.25. The quantitative estimate of drug-likeness (QED) is 0.681. The third-order valence-corrected chi connectivity index (χ3v) is 2.96. The summed E-state index contributed by atoms with van der Waals surface area (Å²) in [4.78, 5) is 21.8. The Morgan fingerprint density at radius 1 is 1.13 bits per heavy atom. The molecule has 1 amide bonds. The summed E-state index contributed by atoms with van der Waals surface area (Å²) in [7, 11) is 0. The minimum Gasteiger partial charge on any atom is -0.481 e. The number of unbranched alkanes of at least 4 members (excludes halogenated alkanes) is 1. The van der Waals surface area contributed by atoms with Crippen LogP contribution in [0, 0.1) is 0 Å². The zero-order valence-corrected chi connectivity index (χ0v) is 12.4. The lowest BCUT2D eigenvalue weighted by Crippen LogP contribution is -2.26. The summed E-state index contributed by atoms with van der Waals surface area (Å²) in [5, 5.41) is 11.0. The Morgan fingerprint density at radius 3 is 2.43 bits per heavy atom. The molecular weight excluding hydrogens is 315 g/mol. The van der Waals surface area contributed by atoms with Crippen molar-refractivity contribution >= 4 is 11.9 Å². The lowest BCUT2D eigenvalue weighted by molar-refractivity contribution is -0.274. The number of aliphatic carboxylic acids is 1. The highest BCUT2D eigenvalue weighted by molar-refractivity contribution is 5.75. The first-order chi connectivity index (χ1) is 10.8. The predicted octanol–water partition coefficient (Wildman–Crippen LogP) is 2.89. The predicted molar refractivity (Wildman–Crippen MR) is 75.9 cm³/mol. The average Bonchev–Trinajstić information content (AvgIpc) is 2.44. The van der Waals surface area contributed by atoms with Crippen molar-refractivity contribution in [3.63, 3.8) is 0 Å². The molecule has 0 unspecified atom stereocenters. The number of halogens is 3. The van der Waals surface area contributed by atoms with Gasteiger partial charge in [-0.3, -0.25) is 9.59 Å². The Bertz CT molecular complexity index is 532. The molecule has 0 atom stereocenters. The van der Waals surface area contributed by atoms with Gasteiger partial charge in [-0.25, -0.2) is 0 Å². The normalized spacial score (nSPS) is 11.1. The molecule has 0 aliphatic rings. The van der Waals surface area contributed by atoms with Crippen LogP contribution in [0.5, 0.6) is 5.75 Å². The second-order valence-corrected chi connectivity index (χ2v) is 4.86. The molecule has 0 bridgehead atoms. The Morgan fingerprint density at radius 2 is 1.78 bits per heavy atom. The Labute approximate surface area is 131 Å². The fraction of sp³-hybridized carbons (Fsp3) is 0.467. The maximum absolute atomic E-state index is 12.3. The first-order valence-corrected chi connectivity index (χ1v) is 7.10. The lowest BCUT2D eigenvalue weighted by atomic mass is 10.1. The molecule has 0 aliphatic carbocycles. The number of amides is 1. The fourth-order valence-corrected chi connectivity index (χ4v) is 1.92. The molecule has 8 heteroatoms. The van der Waals surface area contributed by atoms with Crippen LogP contribution in [0.15, 0.2) is 24.3 Å². The number of rotatable bonds is 9. The van der Waals surface area contributed by atoms with Gasteiger partial charge in [-0.1, -0.05) is 18.2 Å². The largest absolute Gasteiger partial charge is 0.573 e. The topological polar surface area (TPSA) is 75.6 Å². The van der Waals surface area contributed by atoms with Crippen LogP contribution in [0.1, 0.15) is 31.2 Å². The second-order valence-electron chi connectivity index (χ2n) is 4.86. The van der Waals surface area contributed by atoms with Crippen molar-refractivity contribution in [2.45, 2.75) is 38.5 Å². The summed E-state index contributed by atoms with van der Waals surface area (Å²) in [6.45, 7) is 0.177. The van der Waals surface area contributed by atoms with E-state index in [1.807, 2.05) is 0 Å². The molecular formula is C15H18F3NO4. The fourth-order valence-electron chi connectivity index (χ4n) is 1.92. The van der Waals surface area contributed by atoms with E-state index < -0.39 is 12.3 Å². The van der Waals surface area contributed by atoms with Gasteiger partial charge < -0.3 is 15.2 Å². The van der Waals surface area contributed by atoms with Gasteiger partial charge in [0.2, 0.25) is 5.91 Å². The van der Waals surface area contributed by atoms with Crippen LogP contribution in [0.3, 0.4) is 0 Å². The van der Waals surface area contributed by atoms with Crippen LogP contribution in [0.4, 0.5) is 13.2 Å². The van der Waals surface area contributed by atoms with Crippen molar-refractivity contribution in [1.82, 2.24) is 5.32 Å². The molecule has 0 spiro atoms. The van der Waals surface area contributed by atoms with Gasteiger partial charge >= 0.3 is 12.3 Å². The number of carbonyl (C=O) groups is 2. The van der Waals surface area contributed by atoms with Crippen molar-refractivity contribution in [3.8, 4) is 5.75 Å². The van der Waals surface area contributed by atoms with E-state index in [4.69, 9.17) is 5.11 Å². The van der Waals surface area contributed by atoms with Gasteiger partial charge in [0, 0.05) is 19.4 Å². The number of hydrogen-bond acceptors (Lipinski definition) is 3. The maximum atomic E-state index is 12.3. The maximum Gasteiger partial charge on any atom is 0.573 e. The van der Waals surface area contributed by atoms with E-state index in [0.717, 1.165) is 0 Å². The number of nitrogens with one attached hydrogen (secondary N) is 1. The van der Waals surface area contributed by atoms with Crippen LogP contribution >= 0.6 is 0 Å². The molecule has 2 N–H and O–H groups in total. The number of para-hydroxylation sites is 1. The third kappa shape index (κ3) is 8.70. The number of alkyl halides is 3. The summed E-state index contributed by atoms with van der Waals surface area (Å²) in [6, 6.07) is 5.74. The van der Waals surface area contributed by atoms with Crippen LogP contribution < -0.4 is 10.1 Å². The van der Waals surface area contributed by atoms with Gasteiger partial charge in [0.15, 0.2) is 0 Å². The standard InChI is InChI=1S/C15H18F3NO4/c16-15(17,18)23-12-6-2-1-5-11(12)9-10-19-13(20)7-3-4-8-14(21)22/h1-2,5-6H,3-4,7-10H2,(H,19,20)(H,21,22). The average molecular weight is 333 g/mol. The van der Waals surface area contributed by atoms with Gasteiger partial charge in [0.1, 0.15) is 5.75 Å². The summed E-state index contributed by atoms with van der Waals surface area (Å²) in [5.74, 6) is -1.45. The molecule has 0 aromatic heterocycles. The minimum atomic E-state index is -4.76. The highest BCUT2D eigenvalue weighted by Crippen LogP contribution is 2.26.